The van der Waals surface area contributed by atoms with Crippen molar-refractivity contribution in [3.8, 4) is 11.3 Å². The van der Waals surface area contributed by atoms with E-state index >= 15 is 0 Å². The molecule has 0 aliphatic heterocycles. The number of benzene rings is 2. The zero-order valence-corrected chi connectivity index (χ0v) is 13.5. The summed E-state index contributed by atoms with van der Waals surface area (Å²) in [4.78, 5) is 15.3. The first-order chi connectivity index (χ1) is 11.5. The maximum absolute atomic E-state index is 14.2. The molecule has 0 bridgehead atoms. The number of carbonyl (C=O) groups excluding carboxylic acids is 1. The number of nitrogens with one attached hydrogen (secondary N) is 2. The average molecular weight is 345 g/mol. The van der Waals surface area contributed by atoms with Gasteiger partial charge in [-0.25, -0.2) is 13.8 Å². The molecule has 0 unspecified atom stereocenters. The fourth-order valence-corrected chi connectivity index (χ4v) is 2.85. The fourth-order valence-electron chi connectivity index (χ4n) is 2.12. The maximum atomic E-state index is 14.2. The molecular formula is C17H13F2N3OS. The summed E-state index contributed by atoms with van der Waals surface area (Å²) in [6.07, 6.45) is 0. The Morgan fingerprint density at radius 1 is 1.08 bits per heavy atom. The van der Waals surface area contributed by atoms with Crippen LogP contribution >= 0.6 is 11.3 Å². The maximum Gasteiger partial charge on any atom is 0.221 e. The lowest BCUT2D eigenvalue weighted by molar-refractivity contribution is -0.114. The Morgan fingerprint density at radius 3 is 2.46 bits per heavy atom. The molecule has 0 radical (unpaired) electrons. The summed E-state index contributed by atoms with van der Waals surface area (Å²) in [6.45, 7) is 1.36. The van der Waals surface area contributed by atoms with Gasteiger partial charge in [-0.3, -0.25) is 4.79 Å². The van der Waals surface area contributed by atoms with Crippen LogP contribution in [0.1, 0.15) is 6.92 Å². The number of nitrogens with zero attached hydrogens (tertiary/aromatic N) is 1. The molecule has 1 amide bonds. The van der Waals surface area contributed by atoms with E-state index in [9.17, 15) is 13.6 Å². The third-order valence-corrected chi connectivity index (χ3v) is 3.92. The number of rotatable bonds is 4. The van der Waals surface area contributed by atoms with Crippen LogP contribution in [0.3, 0.4) is 0 Å². The van der Waals surface area contributed by atoms with Crippen LogP contribution in [0.2, 0.25) is 0 Å². The van der Waals surface area contributed by atoms with Gasteiger partial charge in [-0.1, -0.05) is 0 Å². The second kappa shape index (κ2) is 6.76. The number of amides is 1. The largest absolute Gasteiger partial charge is 0.332 e. The van der Waals surface area contributed by atoms with E-state index in [1.54, 1.807) is 29.6 Å². The van der Waals surface area contributed by atoms with Gasteiger partial charge < -0.3 is 10.6 Å². The van der Waals surface area contributed by atoms with Crippen molar-refractivity contribution in [1.82, 2.24) is 4.98 Å². The second-order valence-electron chi connectivity index (χ2n) is 5.05. The molecule has 7 heteroatoms. The van der Waals surface area contributed by atoms with E-state index in [4.69, 9.17) is 0 Å². The molecular weight excluding hydrogens is 332 g/mol. The lowest BCUT2D eigenvalue weighted by Crippen LogP contribution is -2.05. The minimum absolute atomic E-state index is 0.262. The molecule has 0 saturated heterocycles. The minimum atomic E-state index is -0.472. The summed E-state index contributed by atoms with van der Waals surface area (Å²) < 4.78 is 27.1. The highest BCUT2D eigenvalue weighted by molar-refractivity contribution is 7.14. The molecule has 3 aromatic rings. The van der Waals surface area contributed by atoms with Crippen molar-refractivity contribution in [2.45, 2.75) is 6.92 Å². The highest BCUT2D eigenvalue weighted by Crippen LogP contribution is 2.30. The van der Waals surface area contributed by atoms with Gasteiger partial charge in [0.25, 0.3) is 0 Å². The number of anilines is 3. The average Bonchev–Trinajstić information content (AvgIpc) is 2.97. The van der Waals surface area contributed by atoms with Crippen LogP contribution in [-0.2, 0) is 4.79 Å². The van der Waals surface area contributed by atoms with Crippen molar-refractivity contribution in [2.24, 2.45) is 0 Å². The Labute approximate surface area is 141 Å². The molecule has 0 fully saturated rings. The normalized spacial score (nSPS) is 10.5. The topological polar surface area (TPSA) is 54.0 Å². The summed E-state index contributed by atoms with van der Waals surface area (Å²) in [5.74, 6) is -1.05. The molecule has 4 nitrogen and oxygen atoms in total. The van der Waals surface area contributed by atoms with Gasteiger partial charge in [-0.05, 0) is 42.5 Å². The highest BCUT2D eigenvalue weighted by Gasteiger charge is 2.11. The lowest BCUT2D eigenvalue weighted by Gasteiger charge is -2.05. The zero-order chi connectivity index (χ0) is 17.1. The van der Waals surface area contributed by atoms with E-state index in [-0.39, 0.29) is 11.7 Å². The Bertz CT molecular complexity index is 878. The van der Waals surface area contributed by atoms with Gasteiger partial charge in [0.15, 0.2) is 5.13 Å². The van der Waals surface area contributed by atoms with Gasteiger partial charge in [0.2, 0.25) is 5.91 Å². The first-order valence-electron chi connectivity index (χ1n) is 7.07. The molecule has 0 saturated carbocycles. The fraction of sp³-hybridized carbons (Fsp3) is 0.0588. The quantitative estimate of drug-likeness (QED) is 0.715. The van der Waals surface area contributed by atoms with Crippen molar-refractivity contribution in [2.75, 3.05) is 10.6 Å². The highest BCUT2D eigenvalue weighted by atomic mass is 32.1. The predicted molar refractivity (Wildman–Crippen MR) is 91.5 cm³/mol. The second-order valence-corrected chi connectivity index (χ2v) is 5.90. The monoisotopic (exact) mass is 345 g/mol. The van der Waals surface area contributed by atoms with Gasteiger partial charge in [0.05, 0.1) is 5.69 Å². The molecule has 2 aromatic carbocycles. The van der Waals surface area contributed by atoms with Crippen molar-refractivity contribution in [3.05, 3.63) is 59.5 Å². The first kappa shape index (κ1) is 16.1. The number of hydrogen-bond donors (Lipinski definition) is 2. The molecule has 24 heavy (non-hydrogen) atoms. The number of aromatic nitrogens is 1. The molecule has 0 atom stereocenters. The van der Waals surface area contributed by atoms with E-state index in [0.717, 1.165) is 0 Å². The SMILES string of the molecule is CC(=O)Nc1ccc(-c2csc(Nc3ccc(F)cc3)n2)c(F)c1. The summed E-state index contributed by atoms with van der Waals surface area (Å²) in [6, 6.07) is 10.3. The van der Waals surface area contributed by atoms with Gasteiger partial charge in [-0.15, -0.1) is 11.3 Å². The standard InChI is InChI=1S/C17H13F2N3OS/c1-10(23)20-13-6-7-14(15(19)8-13)16-9-24-17(22-16)21-12-4-2-11(18)3-5-12/h2-9H,1H3,(H,20,23)(H,21,22). The molecule has 0 aliphatic carbocycles. The smallest absolute Gasteiger partial charge is 0.221 e. The zero-order valence-electron chi connectivity index (χ0n) is 12.6. The molecule has 0 aliphatic rings. The predicted octanol–water partition coefficient (Wildman–Crippen LogP) is 4.79. The van der Waals surface area contributed by atoms with Crippen LogP contribution in [0.25, 0.3) is 11.3 Å². The van der Waals surface area contributed by atoms with E-state index in [1.807, 2.05) is 0 Å². The molecule has 2 N–H and O–H groups in total. The molecule has 1 aromatic heterocycles. The number of carbonyl (C=O) groups is 1. The van der Waals surface area contributed by atoms with Crippen molar-refractivity contribution in [1.29, 1.82) is 0 Å². The Hall–Kier alpha value is -2.80. The minimum Gasteiger partial charge on any atom is -0.332 e. The number of thiazole rings is 1. The molecule has 122 valence electrons. The molecule has 0 spiro atoms. The Kier molecular flexibility index (Phi) is 4.52. The van der Waals surface area contributed by atoms with Crippen LogP contribution in [0.5, 0.6) is 0 Å². The van der Waals surface area contributed by atoms with E-state index in [1.165, 1.54) is 36.5 Å². The van der Waals surface area contributed by atoms with Crippen LogP contribution in [0.4, 0.5) is 25.3 Å². The molecule has 3 rings (SSSR count). The number of halogens is 2. The summed E-state index contributed by atoms with van der Waals surface area (Å²) in [5, 5.41) is 7.86. The van der Waals surface area contributed by atoms with Crippen molar-refractivity contribution >= 4 is 33.8 Å². The first-order valence-corrected chi connectivity index (χ1v) is 7.95. The van der Waals surface area contributed by atoms with Crippen LogP contribution in [0.15, 0.2) is 47.8 Å². The number of hydrogen-bond acceptors (Lipinski definition) is 4. The van der Waals surface area contributed by atoms with Gasteiger partial charge in [0.1, 0.15) is 11.6 Å². The van der Waals surface area contributed by atoms with E-state index in [0.29, 0.717) is 27.8 Å². The van der Waals surface area contributed by atoms with E-state index < -0.39 is 5.82 Å². The van der Waals surface area contributed by atoms with Crippen LogP contribution in [-0.4, -0.2) is 10.9 Å². The summed E-state index contributed by atoms with van der Waals surface area (Å²) in [7, 11) is 0. The van der Waals surface area contributed by atoms with Crippen LogP contribution in [0, 0.1) is 11.6 Å². The van der Waals surface area contributed by atoms with Gasteiger partial charge in [0, 0.05) is 29.2 Å². The van der Waals surface area contributed by atoms with Crippen molar-refractivity contribution < 1.29 is 13.6 Å². The third-order valence-electron chi connectivity index (χ3n) is 3.17. The van der Waals surface area contributed by atoms with E-state index in [2.05, 4.69) is 15.6 Å². The Morgan fingerprint density at radius 2 is 1.79 bits per heavy atom. The summed E-state index contributed by atoms with van der Waals surface area (Å²) in [5.41, 5.74) is 1.91. The molecule has 1 heterocycles. The Balaban J connectivity index is 1.80. The third kappa shape index (κ3) is 3.75. The summed E-state index contributed by atoms with van der Waals surface area (Å²) >= 11 is 1.31. The lowest BCUT2D eigenvalue weighted by atomic mass is 10.1. The van der Waals surface area contributed by atoms with Crippen LogP contribution < -0.4 is 10.6 Å². The van der Waals surface area contributed by atoms with Gasteiger partial charge >= 0.3 is 0 Å². The van der Waals surface area contributed by atoms with Crippen molar-refractivity contribution in [3.63, 3.8) is 0 Å². The van der Waals surface area contributed by atoms with Gasteiger partial charge in [-0.2, -0.15) is 0 Å².